The highest BCUT2D eigenvalue weighted by Gasteiger charge is 2.78. The molecule has 0 spiro atoms. The second kappa shape index (κ2) is 5.89. The fourth-order valence-electron chi connectivity index (χ4n) is 26.2. The Bertz CT molecular complexity index is 7300. The predicted octanol–water partition coefficient (Wildman–Crippen LogP) is 17.6. The van der Waals surface area contributed by atoms with Crippen LogP contribution in [0.1, 0.15) is 84.0 Å². The monoisotopic (exact) mass is 858 g/mol. The first-order valence-corrected chi connectivity index (χ1v) is 26.2. The molecule has 70 heavy (non-hydrogen) atoms. The zero-order valence-corrected chi connectivity index (χ0v) is 37.0. The molecule has 2 nitrogen and oxygen atoms in total. The third-order valence-electron chi connectivity index (χ3n) is 26.2. The van der Waals surface area contributed by atoms with Gasteiger partial charge in [-0.1, -0.05) is 0 Å². The third-order valence-corrected chi connectivity index (χ3v) is 26.2. The van der Waals surface area contributed by atoms with Gasteiger partial charge in [-0.3, -0.25) is 0 Å². The summed E-state index contributed by atoms with van der Waals surface area (Å²) in [7, 11) is 0. The van der Waals surface area contributed by atoms with Gasteiger partial charge in [0.25, 0.3) is 0 Å². The van der Waals surface area contributed by atoms with E-state index in [1.807, 2.05) is 0 Å². The van der Waals surface area contributed by atoms with Crippen molar-refractivity contribution in [3.8, 4) is 12.1 Å². The fraction of sp³-hybridized carbons (Fsp3) is 0.147. The normalized spacial score (nSPS) is 24.7. The maximum atomic E-state index is 12.6. The van der Waals surface area contributed by atoms with E-state index in [0.717, 1.165) is 0 Å². The first kappa shape index (κ1) is 27.0. The molecular weight excluding hydrogens is 845 g/mol. The molecule has 4 atom stereocenters. The van der Waals surface area contributed by atoms with Crippen LogP contribution in [0, 0.1) is 33.5 Å². The maximum Gasteiger partial charge on any atom is 0.0697 e. The van der Waals surface area contributed by atoms with E-state index in [9.17, 15) is 10.5 Å². The van der Waals surface area contributed by atoms with Crippen LogP contribution in [0.15, 0.2) is 0 Å². The van der Waals surface area contributed by atoms with Gasteiger partial charge in [0.15, 0.2) is 0 Å². The lowest BCUT2D eigenvalue weighted by Crippen LogP contribution is -2.64. The Morgan fingerprint density at radius 1 is 0.229 bits per heavy atom. The largest absolute Gasteiger partial charge is 0.198 e. The smallest absolute Gasteiger partial charge is 0.0697 e. The number of nitriles is 2. The molecular formula is C68H14N2. The second-order valence-electron chi connectivity index (χ2n) is 27.1. The number of rotatable bonds is 2. The minimum Gasteiger partial charge on any atom is -0.198 e. The number of hydrogen-bond acceptors (Lipinski definition) is 2. The molecule has 0 amide bonds. The topological polar surface area (TPSA) is 47.6 Å². The van der Waals surface area contributed by atoms with Crippen LogP contribution in [-0.4, -0.2) is 0 Å². The molecule has 0 bridgehead atoms. The molecule has 2 heteroatoms. The Labute approximate surface area is 384 Å². The summed E-state index contributed by atoms with van der Waals surface area (Å²) in [5.41, 5.74) is 9.15. The summed E-state index contributed by atoms with van der Waals surface area (Å²) < 4.78 is 0. The van der Waals surface area contributed by atoms with E-state index in [2.05, 4.69) is 39.8 Å². The van der Waals surface area contributed by atoms with Gasteiger partial charge in [-0.25, -0.2) is 0 Å². The van der Waals surface area contributed by atoms with Gasteiger partial charge in [0.2, 0.25) is 0 Å². The van der Waals surface area contributed by atoms with Gasteiger partial charge in [0.05, 0.1) is 33.8 Å². The summed E-state index contributed by atoms with van der Waals surface area (Å²) in [6.07, 6.45) is 0. The number of hydrogen-bond donors (Lipinski definition) is 0. The highest BCUT2D eigenvalue weighted by Crippen LogP contribution is 2.88. The van der Waals surface area contributed by atoms with Crippen molar-refractivity contribution in [1.82, 2.24) is 0 Å². The highest BCUT2D eigenvalue weighted by molar-refractivity contribution is 6.77. The molecule has 296 valence electrons. The molecule has 24 aromatic carbocycles. The van der Waals surface area contributed by atoms with Crippen molar-refractivity contribution in [1.29, 1.82) is 10.5 Å². The van der Waals surface area contributed by atoms with E-state index < -0.39 is 21.7 Å². The van der Waals surface area contributed by atoms with Crippen molar-refractivity contribution in [2.45, 2.75) is 50.4 Å². The molecule has 0 heterocycles. The van der Waals surface area contributed by atoms with Crippen LogP contribution in [0.2, 0.25) is 0 Å². The Balaban J connectivity index is 1.24. The van der Waals surface area contributed by atoms with Crippen LogP contribution in [0.5, 0.6) is 0 Å². The van der Waals surface area contributed by atoms with Gasteiger partial charge in [0, 0.05) is 11.8 Å². The fourth-order valence-corrected chi connectivity index (χ4v) is 26.2. The minimum absolute atomic E-state index is 0.314. The third kappa shape index (κ3) is 1.36. The Hall–Kier alpha value is -8.30. The Kier molecular flexibility index (Phi) is 2.27. The SMILES string of the molecule is CC(C)(C#N)[C@]12c3c4c5c6c7c8c(c9c%10c1c1c3c3c%11c%12c%13c%14c%15c%16c%17c%18c%19c%20c%21c(c%12c3c3c1c1c%10c%10c9c9c8c8c%12c7c(c5c%14c4%11)c%15c%12c%17c4c%18c5c%20c(c1c%213)c%10c5c9c48)C%19[C@@H]%13%16)[C@@]62C(C)(C)C#N. The molecule has 0 N–H and O–H groups in total. The van der Waals surface area contributed by atoms with Crippen LogP contribution in [0.4, 0.5) is 0 Å². The lowest BCUT2D eigenvalue weighted by molar-refractivity contribution is 0.104. The van der Waals surface area contributed by atoms with Gasteiger partial charge < -0.3 is 0 Å². The van der Waals surface area contributed by atoms with Crippen molar-refractivity contribution < 1.29 is 0 Å². The van der Waals surface area contributed by atoms with Crippen LogP contribution < -0.4 is 0 Å². The van der Waals surface area contributed by atoms with Gasteiger partial charge >= 0.3 is 0 Å². The molecule has 0 saturated heterocycles. The number of nitrogens with zero attached hydrogens (tertiary/aromatic N) is 2. The molecule has 8 aliphatic carbocycles. The zero-order chi connectivity index (χ0) is 42.9. The summed E-state index contributed by atoms with van der Waals surface area (Å²) in [4.78, 5) is 0. The lowest BCUT2D eigenvalue weighted by atomic mass is 9.36. The summed E-state index contributed by atoms with van der Waals surface area (Å²) in [5, 5.41) is 100. The van der Waals surface area contributed by atoms with Crippen molar-refractivity contribution in [3.05, 3.63) is 44.5 Å². The summed E-state index contributed by atoms with van der Waals surface area (Å²) >= 11 is 0. The average Bonchev–Trinajstić information content (AvgIpc) is 4.38. The molecule has 0 aliphatic heterocycles. The standard InChI is InChI=1S/C68H14N2/c1-65(2,5-69)67-61-53-45-35-25-17-9-7-8-11-15-13(9)21-29-23(15)33-27-19(11)20-12(8)16-14-10(7)18(17)26-32-22(14)30-24(16)34-28(20)38-37(27)47-41(33)51-43(29)49(39(45)31(21)25)57(61)59(51)63-55(47)56-48(38)42(34)52-44(30)50-40(32)46(36(26)35)54(53)62(67)58(50)60(52)64(56)68(63,67)66(3,4)6-70/h9,13H,1-4H3/t9?,13-,67+,68-/m1/s1. The van der Waals surface area contributed by atoms with Crippen molar-refractivity contribution in [2.24, 2.45) is 10.8 Å². The quantitative estimate of drug-likeness (QED) is 0.163. The molecule has 8 aliphatic rings. The molecule has 32 rings (SSSR count). The molecule has 0 fully saturated rings. The second-order valence-corrected chi connectivity index (χ2v) is 27.1. The predicted molar refractivity (Wildman–Crippen MR) is 288 cm³/mol. The first-order valence-electron chi connectivity index (χ1n) is 26.2. The Morgan fingerprint density at radius 2 is 0.357 bits per heavy atom. The van der Waals surface area contributed by atoms with Crippen LogP contribution in [0.25, 0.3) is 259 Å². The summed E-state index contributed by atoms with van der Waals surface area (Å²) in [6, 6.07) is 6.53. The van der Waals surface area contributed by atoms with Gasteiger partial charge in [0.1, 0.15) is 0 Å². The van der Waals surface area contributed by atoms with E-state index in [1.54, 1.807) is 189 Å². The molecule has 0 radical (unpaired) electrons. The summed E-state index contributed by atoms with van der Waals surface area (Å²) in [5.74, 6) is 0.638. The number of benzene rings is 16. The maximum absolute atomic E-state index is 12.6. The molecule has 24 aromatic rings. The van der Waals surface area contributed by atoms with Crippen LogP contribution in [0.3, 0.4) is 0 Å². The van der Waals surface area contributed by atoms with Gasteiger partial charge in [-0.05, 0) is 331 Å². The van der Waals surface area contributed by atoms with Crippen LogP contribution >= 0.6 is 0 Å². The minimum atomic E-state index is -0.905. The molecule has 0 aromatic heterocycles. The average molecular weight is 859 g/mol. The zero-order valence-electron chi connectivity index (χ0n) is 37.0. The van der Waals surface area contributed by atoms with E-state index >= 15 is 0 Å². The van der Waals surface area contributed by atoms with Crippen LogP contribution in [-0.2, 0) is 10.8 Å². The van der Waals surface area contributed by atoms with Gasteiger partial charge in [-0.15, -0.1) is 0 Å². The first-order chi connectivity index (χ1) is 34.4. The van der Waals surface area contributed by atoms with Crippen molar-refractivity contribution in [3.63, 3.8) is 0 Å². The lowest BCUT2D eigenvalue weighted by Gasteiger charge is -2.62. The molecule has 1 unspecified atom stereocenters. The van der Waals surface area contributed by atoms with E-state index in [0.29, 0.717) is 11.8 Å². The summed E-state index contributed by atoms with van der Waals surface area (Å²) in [6.45, 7) is 9.39. The van der Waals surface area contributed by atoms with Crippen molar-refractivity contribution in [2.75, 3.05) is 0 Å². The highest BCUT2D eigenvalue weighted by atomic mass is 14.8. The Morgan fingerprint density at radius 3 is 0.500 bits per heavy atom. The molecule has 0 saturated carbocycles. The van der Waals surface area contributed by atoms with Crippen molar-refractivity contribution >= 4 is 259 Å². The van der Waals surface area contributed by atoms with E-state index in [-0.39, 0.29) is 0 Å². The van der Waals surface area contributed by atoms with E-state index in [4.69, 9.17) is 0 Å². The van der Waals surface area contributed by atoms with Gasteiger partial charge in [-0.2, -0.15) is 10.5 Å². The van der Waals surface area contributed by atoms with E-state index in [1.165, 1.54) is 114 Å².